The van der Waals surface area contributed by atoms with Gasteiger partial charge in [-0.05, 0) is 29.8 Å². The van der Waals surface area contributed by atoms with Gasteiger partial charge in [-0.25, -0.2) is 0 Å². The first-order valence-electron chi connectivity index (χ1n) is 7.47. The van der Waals surface area contributed by atoms with Crippen LogP contribution >= 0.6 is 0 Å². The van der Waals surface area contributed by atoms with Crippen molar-refractivity contribution < 1.29 is 23.9 Å². The summed E-state index contributed by atoms with van der Waals surface area (Å²) in [6.45, 7) is -0.462. The van der Waals surface area contributed by atoms with Crippen molar-refractivity contribution in [3.8, 4) is 5.75 Å². The van der Waals surface area contributed by atoms with Crippen molar-refractivity contribution in [2.45, 2.75) is 6.42 Å². The molecule has 0 fully saturated rings. The van der Waals surface area contributed by atoms with Crippen LogP contribution in [0.5, 0.6) is 5.75 Å². The van der Waals surface area contributed by atoms with Gasteiger partial charge in [0.2, 0.25) is 0 Å². The van der Waals surface area contributed by atoms with Gasteiger partial charge in [-0.15, -0.1) is 0 Å². The minimum atomic E-state index is -0.661. The van der Waals surface area contributed by atoms with Crippen molar-refractivity contribution in [2.75, 3.05) is 19.0 Å². The fourth-order valence-electron chi connectivity index (χ4n) is 2.14. The maximum atomic E-state index is 11.9. The molecule has 130 valence electrons. The SMILES string of the molecule is COc1cccc(CC(=O)OCC(=O)Nc2ccccc2C(N)=O)c1. The molecule has 0 atom stereocenters. The number of benzene rings is 2. The van der Waals surface area contributed by atoms with Crippen molar-refractivity contribution in [1.82, 2.24) is 0 Å². The van der Waals surface area contributed by atoms with Crippen LogP contribution in [-0.2, 0) is 20.7 Å². The van der Waals surface area contributed by atoms with E-state index in [4.69, 9.17) is 15.2 Å². The second kappa shape index (κ2) is 8.49. The molecule has 0 saturated heterocycles. The number of para-hydroxylation sites is 1. The van der Waals surface area contributed by atoms with E-state index in [-0.39, 0.29) is 17.7 Å². The van der Waals surface area contributed by atoms with Gasteiger partial charge in [-0.2, -0.15) is 0 Å². The largest absolute Gasteiger partial charge is 0.497 e. The van der Waals surface area contributed by atoms with Gasteiger partial charge in [-0.3, -0.25) is 14.4 Å². The average molecular weight is 342 g/mol. The molecule has 25 heavy (non-hydrogen) atoms. The summed E-state index contributed by atoms with van der Waals surface area (Å²) in [5.74, 6) is -1.14. The van der Waals surface area contributed by atoms with Crippen LogP contribution < -0.4 is 15.8 Å². The third-order valence-electron chi connectivity index (χ3n) is 3.31. The van der Waals surface area contributed by atoms with Crippen molar-refractivity contribution >= 4 is 23.5 Å². The van der Waals surface area contributed by atoms with Gasteiger partial charge in [0.25, 0.3) is 11.8 Å². The third kappa shape index (κ3) is 5.35. The zero-order valence-electron chi connectivity index (χ0n) is 13.7. The molecule has 0 radical (unpaired) electrons. The highest BCUT2D eigenvalue weighted by Gasteiger charge is 2.12. The molecular formula is C18H18N2O5. The monoisotopic (exact) mass is 342 g/mol. The van der Waals surface area contributed by atoms with Crippen LogP contribution in [0.25, 0.3) is 0 Å². The molecule has 0 heterocycles. The lowest BCUT2D eigenvalue weighted by atomic mass is 10.1. The van der Waals surface area contributed by atoms with Crippen LogP contribution in [0, 0.1) is 0 Å². The Labute approximate surface area is 144 Å². The van der Waals surface area contributed by atoms with Crippen molar-refractivity contribution in [2.24, 2.45) is 5.73 Å². The quantitative estimate of drug-likeness (QED) is 0.742. The summed E-state index contributed by atoms with van der Waals surface area (Å²) in [6.07, 6.45) is 0.0162. The molecule has 0 spiro atoms. The lowest BCUT2D eigenvalue weighted by Gasteiger charge is -2.09. The van der Waals surface area contributed by atoms with E-state index in [0.29, 0.717) is 11.3 Å². The molecule has 0 aliphatic rings. The molecule has 0 aromatic heterocycles. The highest BCUT2D eigenvalue weighted by atomic mass is 16.5. The molecule has 3 N–H and O–H groups in total. The van der Waals surface area contributed by atoms with Gasteiger partial charge in [0.15, 0.2) is 6.61 Å². The molecule has 0 unspecified atom stereocenters. The van der Waals surface area contributed by atoms with E-state index < -0.39 is 24.4 Å². The third-order valence-corrected chi connectivity index (χ3v) is 3.31. The van der Waals surface area contributed by atoms with Crippen molar-refractivity contribution in [3.05, 3.63) is 59.7 Å². The van der Waals surface area contributed by atoms with Gasteiger partial charge >= 0.3 is 5.97 Å². The summed E-state index contributed by atoms with van der Waals surface area (Å²) in [4.78, 5) is 35.0. The van der Waals surface area contributed by atoms with E-state index in [1.54, 1.807) is 36.4 Å². The summed E-state index contributed by atoms with van der Waals surface area (Å²) in [5.41, 5.74) is 6.39. The number of nitrogens with one attached hydrogen (secondary N) is 1. The number of carbonyl (C=O) groups excluding carboxylic acids is 3. The Morgan fingerprint density at radius 1 is 1.08 bits per heavy atom. The molecule has 0 bridgehead atoms. The predicted molar refractivity (Wildman–Crippen MR) is 91.2 cm³/mol. The van der Waals surface area contributed by atoms with E-state index in [2.05, 4.69) is 5.32 Å². The van der Waals surface area contributed by atoms with E-state index in [1.807, 2.05) is 0 Å². The van der Waals surface area contributed by atoms with E-state index in [1.165, 1.54) is 19.2 Å². The first-order chi connectivity index (χ1) is 12.0. The number of carbonyl (C=O) groups is 3. The van der Waals surface area contributed by atoms with Crippen LogP contribution in [0.2, 0.25) is 0 Å². The maximum Gasteiger partial charge on any atom is 0.310 e. The summed E-state index contributed by atoms with van der Waals surface area (Å²) >= 11 is 0. The molecule has 7 heteroatoms. The fraction of sp³-hybridized carbons (Fsp3) is 0.167. The van der Waals surface area contributed by atoms with Crippen molar-refractivity contribution in [1.29, 1.82) is 0 Å². The predicted octanol–water partition coefficient (Wildman–Crippen LogP) is 1.52. The zero-order chi connectivity index (χ0) is 18.2. The average Bonchev–Trinajstić information content (AvgIpc) is 2.60. The van der Waals surface area contributed by atoms with E-state index in [9.17, 15) is 14.4 Å². The number of esters is 1. The zero-order valence-corrected chi connectivity index (χ0v) is 13.7. The molecule has 2 rings (SSSR count). The van der Waals surface area contributed by atoms with Crippen LogP contribution in [0.3, 0.4) is 0 Å². The summed E-state index contributed by atoms with van der Waals surface area (Å²) in [7, 11) is 1.53. The second-order valence-electron chi connectivity index (χ2n) is 5.15. The standard InChI is InChI=1S/C18H18N2O5/c1-24-13-6-4-5-12(9-13)10-17(22)25-11-16(21)20-15-8-3-2-7-14(15)18(19)23/h2-9H,10-11H2,1H3,(H2,19,23)(H,20,21). The molecule has 2 amide bonds. The van der Waals surface area contributed by atoms with E-state index in [0.717, 1.165) is 0 Å². The molecular weight excluding hydrogens is 324 g/mol. The van der Waals surface area contributed by atoms with E-state index >= 15 is 0 Å². The number of rotatable bonds is 7. The Morgan fingerprint density at radius 3 is 2.56 bits per heavy atom. The van der Waals surface area contributed by atoms with Gasteiger partial charge in [0.1, 0.15) is 5.75 Å². The Morgan fingerprint density at radius 2 is 1.84 bits per heavy atom. The lowest BCUT2D eigenvalue weighted by Crippen LogP contribution is -2.23. The topological polar surface area (TPSA) is 108 Å². The Kier molecular flexibility index (Phi) is 6.11. The minimum Gasteiger partial charge on any atom is -0.497 e. The Bertz CT molecular complexity index is 789. The van der Waals surface area contributed by atoms with Crippen molar-refractivity contribution in [3.63, 3.8) is 0 Å². The van der Waals surface area contributed by atoms with Crippen LogP contribution in [0.4, 0.5) is 5.69 Å². The highest BCUT2D eigenvalue weighted by Crippen LogP contribution is 2.15. The van der Waals surface area contributed by atoms with Crippen LogP contribution in [0.1, 0.15) is 15.9 Å². The number of ether oxygens (including phenoxy) is 2. The maximum absolute atomic E-state index is 11.9. The van der Waals surface area contributed by atoms with Crippen LogP contribution in [-0.4, -0.2) is 31.5 Å². The smallest absolute Gasteiger partial charge is 0.310 e. The highest BCUT2D eigenvalue weighted by molar-refractivity contribution is 6.03. The summed E-state index contributed by atoms with van der Waals surface area (Å²) in [6, 6.07) is 13.3. The molecule has 2 aromatic carbocycles. The molecule has 7 nitrogen and oxygen atoms in total. The number of anilines is 1. The number of primary amides is 1. The van der Waals surface area contributed by atoms with Gasteiger partial charge in [0.05, 0.1) is 24.8 Å². The fourth-order valence-corrected chi connectivity index (χ4v) is 2.14. The number of hydrogen-bond donors (Lipinski definition) is 2. The minimum absolute atomic E-state index is 0.0162. The second-order valence-corrected chi connectivity index (χ2v) is 5.15. The molecule has 0 saturated carbocycles. The lowest BCUT2D eigenvalue weighted by molar-refractivity contribution is -0.146. The van der Waals surface area contributed by atoms with Crippen LogP contribution in [0.15, 0.2) is 48.5 Å². The number of amides is 2. The first kappa shape index (κ1) is 18.0. The molecule has 0 aliphatic carbocycles. The first-order valence-corrected chi connectivity index (χ1v) is 7.47. The summed E-state index contributed by atoms with van der Waals surface area (Å²) in [5, 5.41) is 2.49. The van der Waals surface area contributed by atoms with Gasteiger partial charge in [0, 0.05) is 0 Å². The number of methoxy groups -OCH3 is 1. The van der Waals surface area contributed by atoms with Gasteiger partial charge < -0.3 is 20.5 Å². The molecule has 0 aliphatic heterocycles. The van der Waals surface area contributed by atoms with Gasteiger partial charge in [-0.1, -0.05) is 24.3 Å². The Hall–Kier alpha value is -3.35. The summed E-state index contributed by atoms with van der Waals surface area (Å²) < 4.78 is 10.0. The number of hydrogen-bond acceptors (Lipinski definition) is 5. The normalized spacial score (nSPS) is 9.96. The Balaban J connectivity index is 1.87. The number of nitrogens with two attached hydrogens (primary N) is 1. The molecule has 2 aromatic rings.